The van der Waals surface area contributed by atoms with Crippen molar-refractivity contribution < 1.29 is 18.7 Å². The van der Waals surface area contributed by atoms with Crippen molar-refractivity contribution in [2.45, 2.75) is 6.92 Å². The first-order chi connectivity index (χ1) is 14.6. The highest BCUT2D eigenvalue weighted by molar-refractivity contribution is 6.34. The Morgan fingerprint density at radius 2 is 1.83 bits per heavy atom. The zero-order chi connectivity index (χ0) is 20.7. The van der Waals surface area contributed by atoms with Gasteiger partial charge in [-0.3, -0.25) is 4.79 Å². The summed E-state index contributed by atoms with van der Waals surface area (Å²) in [6.07, 6.45) is 0. The zero-order valence-electron chi connectivity index (χ0n) is 16.1. The van der Waals surface area contributed by atoms with Crippen molar-refractivity contribution in [1.82, 2.24) is 4.98 Å². The maximum atomic E-state index is 12.8. The van der Waals surface area contributed by atoms with Gasteiger partial charge in [-0.2, -0.15) is 0 Å². The summed E-state index contributed by atoms with van der Waals surface area (Å²) in [6, 6.07) is 16.2. The van der Waals surface area contributed by atoms with Crippen molar-refractivity contribution >= 4 is 34.3 Å². The molecule has 3 aromatic carbocycles. The van der Waals surface area contributed by atoms with Crippen LogP contribution in [0.1, 0.15) is 15.9 Å². The molecule has 0 bridgehead atoms. The number of aromatic nitrogens is 1. The van der Waals surface area contributed by atoms with E-state index >= 15 is 0 Å². The molecular formula is C23H17ClN2O4. The molecule has 5 rings (SSSR count). The van der Waals surface area contributed by atoms with Gasteiger partial charge in [0.15, 0.2) is 17.1 Å². The molecule has 1 aliphatic rings. The molecule has 150 valence electrons. The van der Waals surface area contributed by atoms with Gasteiger partial charge in [0.2, 0.25) is 5.89 Å². The van der Waals surface area contributed by atoms with E-state index in [9.17, 15) is 4.79 Å². The number of oxazole rings is 1. The van der Waals surface area contributed by atoms with E-state index in [1.165, 1.54) is 0 Å². The van der Waals surface area contributed by atoms with Crippen molar-refractivity contribution in [3.63, 3.8) is 0 Å². The molecule has 0 saturated carbocycles. The highest BCUT2D eigenvalue weighted by atomic mass is 35.5. The van der Waals surface area contributed by atoms with E-state index in [2.05, 4.69) is 10.3 Å². The normalized spacial score (nSPS) is 12.7. The standard InChI is InChI=1S/C23H17ClN2O4/c1-13-2-6-17-20(10-13)30-23(26-17)15-3-5-16(24)18(11-15)25-22(27)14-4-7-19-21(12-14)29-9-8-28-19/h2-7,10-12H,8-9H2,1H3,(H,25,27). The van der Waals surface area contributed by atoms with E-state index in [-0.39, 0.29) is 5.91 Å². The van der Waals surface area contributed by atoms with Crippen LogP contribution in [0.15, 0.2) is 59.0 Å². The molecule has 0 spiro atoms. The van der Waals surface area contributed by atoms with Gasteiger partial charge in [-0.1, -0.05) is 17.7 Å². The number of hydrogen-bond donors (Lipinski definition) is 1. The molecular weight excluding hydrogens is 404 g/mol. The van der Waals surface area contributed by atoms with Gasteiger partial charge in [0, 0.05) is 11.1 Å². The fourth-order valence-corrected chi connectivity index (χ4v) is 3.45. The van der Waals surface area contributed by atoms with E-state index in [0.29, 0.717) is 58.0 Å². The fourth-order valence-electron chi connectivity index (χ4n) is 3.29. The quantitative estimate of drug-likeness (QED) is 0.475. The van der Waals surface area contributed by atoms with E-state index in [4.69, 9.17) is 25.5 Å². The molecule has 1 N–H and O–H groups in total. The van der Waals surface area contributed by atoms with E-state index in [1.807, 2.05) is 25.1 Å². The molecule has 0 fully saturated rings. The van der Waals surface area contributed by atoms with Gasteiger partial charge in [0.1, 0.15) is 18.7 Å². The molecule has 0 atom stereocenters. The number of hydrogen-bond acceptors (Lipinski definition) is 5. The van der Waals surface area contributed by atoms with E-state index < -0.39 is 0 Å². The third-order valence-electron chi connectivity index (χ3n) is 4.81. The molecule has 1 aliphatic heterocycles. The predicted molar refractivity (Wildman–Crippen MR) is 115 cm³/mol. The Hall–Kier alpha value is -3.51. The van der Waals surface area contributed by atoms with Crippen LogP contribution >= 0.6 is 11.6 Å². The van der Waals surface area contributed by atoms with Gasteiger partial charge in [-0.05, 0) is 61.0 Å². The summed E-state index contributed by atoms with van der Waals surface area (Å²) in [5.74, 6) is 1.33. The van der Waals surface area contributed by atoms with Crippen LogP contribution in [0, 0.1) is 6.92 Å². The minimum absolute atomic E-state index is 0.306. The summed E-state index contributed by atoms with van der Waals surface area (Å²) in [5, 5.41) is 3.26. The summed E-state index contributed by atoms with van der Waals surface area (Å²) < 4.78 is 16.9. The first-order valence-corrected chi connectivity index (χ1v) is 9.83. The molecule has 0 saturated heterocycles. The lowest BCUT2D eigenvalue weighted by Gasteiger charge is -2.18. The van der Waals surface area contributed by atoms with Crippen LogP contribution < -0.4 is 14.8 Å². The number of rotatable bonds is 3. The highest BCUT2D eigenvalue weighted by Crippen LogP contribution is 2.33. The van der Waals surface area contributed by atoms with Crippen LogP contribution in [0.3, 0.4) is 0 Å². The average Bonchev–Trinajstić information content (AvgIpc) is 3.18. The molecule has 0 aliphatic carbocycles. The number of nitrogens with one attached hydrogen (secondary N) is 1. The summed E-state index contributed by atoms with van der Waals surface area (Å²) in [5.41, 5.74) is 4.19. The summed E-state index contributed by atoms with van der Waals surface area (Å²) in [6.45, 7) is 2.95. The van der Waals surface area contributed by atoms with E-state index in [1.54, 1.807) is 36.4 Å². The molecule has 1 amide bonds. The zero-order valence-corrected chi connectivity index (χ0v) is 16.8. The van der Waals surface area contributed by atoms with Crippen LogP contribution in [-0.4, -0.2) is 24.1 Å². The molecule has 4 aromatic rings. The Balaban J connectivity index is 1.44. The first-order valence-electron chi connectivity index (χ1n) is 9.45. The second kappa shape index (κ2) is 7.39. The molecule has 6 nitrogen and oxygen atoms in total. The number of amides is 1. The number of aryl methyl sites for hydroxylation is 1. The Labute approximate surface area is 177 Å². The second-order valence-electron chi connectivity index (χ2n) is 7.00. The predicted octanol–water partition coefficient (Wildman–Crippen LogP) is 5.48. The van der Waals surface area contributed by atoms with Gasteiger partial charge in [0.05, 0.1) is 10.7 Å². The van der Waals surface area contributed by atoms with Gasteiger partial charge in [0.25, 0.3) is 5.91 Å². The van der Waals surface area contributed by atoms with Crippen LogP contribution in [0.2, 0.25) is 5.02 Å². The van der Waals surface area contributed by atoms with Gasteiger partial charge < -0.3 is 19.2 Å². The first kappa shape index (κ1) is 18.5. The lowest BCUT2D eigenvalue weighted by atomic mass is 10.1. The van der Waals surface area contributed by atoms with Crippen LogP contribution in [0.5, 0.6) is 11.5 Å². The Kier molecular flexibility index (Phi) is 4.56. The topological polar surface area (TPSA) is 73.6 Å². The molecule has 7 heteroatoms. The third-order valence-corrected chi connectivity index (χ3v) is 5.14. The molecule has 2 heterocycles. The molecule has 30 heavy (non-hydrogen) atoms. The largest absolute Gasteiger partial charge is 0.486 e. The monoisotopic (exact) mass is 420 g/mol. The van der Waals surface area contributed by atoms with Gasteiger partial charge in [-0.15, -0.1) is 0 Å². The maximum Gasteiger partial charge on any atom is 0.255 e. The van der Waals surface area contributed by atoms with Crippen LogP contribution in [0.25, 0.3) is 22.6 Å². The van der Waals surface area contributed by atoms with Crippen molar-refractivity contribution in [1.29, 1.82) is 0 Å². The lowest BCUT2D eigenvalue weighted by molar-refractivity contribution is 0.102. The average molecular weight is 421 g/mol. The Morgan fingerprint density at radius 3 is 2.70 bits per heavy atom. The molecule has 0 unspecified atom stereocenters. The maximum absolute atomic E-state index is 12.8. The van der Waals surface area contributed by atoms with Gasteiger partial charge >= 0.3 is 0 Å². The number of nitrogens with zero attached hydrogens (tertiary/aromatic N) is 1. The number of benzene rings is 3. The highest BCUT2D eigenvalue weighted by Gasteiger charge is 2.17. The SMILES string of the molecule is Cc1ccc2nc(-c3ccc(Cl)c(NC(=O)c4ccc5c(c4)OCCO5)c3)oc2c1. The van der Waals surface area contributed by atoms with Crippen molar-refractivity contribution in [3.05, 3.63) is 70.7 Å². The third kappa shape index (κ3) is 3.46. The number of carbonyl (C=O) groups excluding carboxylic acids is 1. The minimum Gasteiger partial charge on any atom is -0.486 e. The second-order valence-corrected chi connectivity index (χ2v) is 7.40. The Morgan fingerprint density at radius 1 is 1.00 bits per heavy atom. The Bertz CT molecular complexity index is 1280. The fraction of sp³-hybridized carbons (Fsp3) is 0.130. The van der Waals surface area contributed by atoms with Crippen LogP contribution in [-0.2, 0) is 0 Å². The number of anilines is 1. The minimum atomic E-state index is -0.306. The summed E-state index contributed by atoms with van der Waals surface area (Å²) >= 11 is 6.32. The number of carbonyl (C=O) groups is 1. The van der Waals surface area contributed by atoms with Crippen molar-refractivity contribution in [2.24, 2.45) is 0 Å². The van der Waals surface area contributed by atoms with Crippen LogP contribution in [0.4, 0.5) is 5.69 Å². The molecule has 0 radical (unpaired) electrons. The number of fused-ring (bicyclic) bond motifs is 2. The lowest BCUT2D eigenvalue weighted by Crippen LogP contribution is -2.17. The van der Waals surface area contributed by atoms with Crippen molar-refractivity contribution in [3.8, 4) is 23.0 Å². The summed E-state index contributed by atoms with van der Waals surface area (Å²) in [4.78, 5) is 17.3. The van der Waals surface area contributed by atoms with Gasteiger partial charge in [-0.25, -0.2) is 4.98 Å². The smallest absolute Gasteiger partial charge is 0.255 e. The number of halogens is 1. The van der Waals surface area contributed by atoms with Crippen molar-refractivity contribution in [2.75, 3.05) is 18.5 Å². The number of ether oxygens (including phenoxy) is 2. The summed E-state index contributed by atoms with van der Waals surface area (Å²) in [7, 11) is 0. The molecule has 1 aromatic heterocycles. The van der Waals surface area contributed by atoms with E-state index in [0.717, 1.165) is 11.1 Å².